The first-order valence-electron chi connectivity index (χ1n) is 9.78. The maximum atomic E-state index is 14.2. The zero-order chi connectivity index (χ0) is 22.6. The summed E-state index contributed by atoms with van der Waals surface area (Å²) < 4.78 is 69.3. The van der Waals surface area contributed by atoms with Crippen molar-refractivity contribution >= 4 is 16.7 Å². The number of hydrogen-bond acceptors (Lipinski definition) is 4. The summed E-state index contributed by atoms with van der Waals surface area (Å²) in [5.41, 5.74) is 7.18. The van der Waals surface area contributed by atoms with Gasteiger partial charge in [0.15, 0.2) is 23.3 Å². The number of nitrogens with zero attached hydrogens (tertiary/aromatic N) is 3. The van der Waals surface area contributed by atoms with Crippen LogP contribution in [-0.2, 0) is 0 Å². The summed E-state index contributed by atoms with van der Waals surface area (Å²) in [5.74, 6) is -5.41. The quantitative estimate of drug-likeness (QED) is 0.361. The molecule has 0 saturated carbocycles. The molecule has 1 aliphatic rings. The highest BCUT2D eigenvalue weighted by Gasteiger charge is 2.31. The molecule has 0 amide bonds. The highest BCUT2D eigenvalue weighted by molar-refractivity contribution is 5.91. The molecule has 1 aliphatic heterocycles. The van der Waals surface area contributed by atoms with Crippen molar-refractivity contribution in [3.8, 4) is 22.5 Å². The lowest BCUT2D eigenvalue weighted by molar-refractivity contribution is 0.421. The monoisotopic (exact) mass is 445 g/mol. The minimum absolute atomic E-state index is 0.0555. The highest BCUT2D eigenvalue weighted by Crippen LogP contribution is 2.41. The number of aromatic amines is 1. The van der Waals surface area contributed by atoms with Crippen LogP contribution in [0.4, 0.5) is 27.6 Å². The molecule has 0 radical (unpaired) electrons. The van der Waals surface area contributed by atoms with Crippen LogP contribution in [0.2, 0.25) is 0 Å². The van der Waals surface area contributed by atoms with Gasteiger partial charge in [0.1, 0.15) is 17.2 Å². The lowest BCUT2D eigenvalue weighted by atomic mass is 9.94. The molecule has 0 bridgehead atoms. The SMILES string of the molecule is NCC1CN(c2c(-c3cc(F)c(F)c(F)c3)cncc2-c2nc3c(F)cc(F)cc3[nH]2)C1. The van der Waals surface area contributed by atoms with Crippen LogP contribution in [0.5, 0.6) is 0 Å². The average Bonchev–Trinajstić information content (AvgIpc) is 3.15. The summed E-state index contributed by atoms with van der Waals surface area (Å²) in [5, 5.41) is 0. The molecular formula is C22H16F5N5. The summed E-state index contributed by atoms with van der Waals surface area (Å²) in [6, 6.07) is 3.62. The highest BCUT2D eigenvalue weighted by atomic mass is 19.2. The van der Waals surface area contributed by atoms with Gasteiger partial charge >= 0.3 is 0 Å². The number of benzene rings is 2. The van der Waals surface area contributed by atoms with Crippen LogP contribution in [0.1, 0.15) is 0 Å². The number of rotatable bonds is 4. The van der Waals surface area contributed by atoms with Gasteiger partial charge in [-0.25, -0.2) is 26.9 Å². The van der Waals surface area contributed by atoms with E-state index in [-0.39, 0.29) is 28.3 Å². The first-order valence-corrected chi connectivity index (χ1v) is 9.78. The number of pyridine rings is 1. The summed E-state index contributed by atoms with van der Waals surface area (Å²) in [4.78, 5) is 13.2. The van der Waals surface area contributed by atoms with E-state index < -0.39 is 29.1 Å². The van der Waals surface area contributed by atoms with Crippen molar-refractivity contribution in [1.29, 1.82) is 0 Å². The summed E-state index contributed by atoms with van der Waals surface area (Å²) >= 11 is 0. The Morgan fingerprint density at radius 1 is 0.938 bits per heavy atom. The third-order valence-corrected chi connectivity index (χ3v) is 5.58. The number of nitrogens with two attached hydrogens (primary N) is 1. The Bertz CT molecular complexity index is 1320. The predicted molar refractivity (Wildman–Crippen MR) is 109 cm³/mol. The van der Waals surface area contributed by atoms with E-state index in [1.807, 2.05) is 4.90 Å². The maximum absolute atomic E-state index is 14.2. The molecule has 1 saturated heterocycles. The third-order valence-electron chi connectivity index (χ3n) is 5.58. The molecule has 0 atom stereocenters. The fourth-order valence-corrected chi connectivity index (χ4v) is 3.96. The average molecular weight is 445 g/mol. The Kier molecular flexibility index (Phi) is 4.81. The van der Waals surface area contributed by atoms with Crippen molar-refractivity contribution in [2.24, 2.45) is 11.7 Å². The van der Waals surface area contributed by atoms with Crippen molar-refractivity contribution in [2.45, 2.75) is 0 Å². The first-order chi connectivity index (χ1) is 15.4. The van der Waals surface area contributed by atoms with Gasteiger partial charge in [0, 0.05) is 43.0 Å². The summed E-state index contributed by atoms with van der Waals surface area (Å²) in [7, 11) is 0. The van der Waals surface area contributed by atoms with Gasteiger partial charge in [-0.2, -0.15) is 0 Å². The number of nitrogens with one attached hydrogen (secondary N) is 1. The van der Waals surface area contributed by atoms with Crippen molar-refractivity contribution in [3.63, 3.8) is 0 Å². The van der Waals surface area contributed by atoms with Crippen molar-refractivity contribution in [1.82, 2.24) is 15.0 Å². The van der Waals surface area contributed by atoms with Crippen molar-refractivity contribution in [2.75, 3.05) is 24.5 Å². The fraction of sp³-hybridized carbons (Fsp3) is 0.182. The number of aromatic nitrogens is 3. The van der Waals surface area contributed by atoms with Crippen LogP contribution in [-0.4, -0.2) is 34.6 Å². The maximum Gasteiger partial charge on any atom is 0.194 e. The van der Waals surface area contributed by atoms with Crippen LogP contribution in [0.3, 0.4) is 0 Å². The molecule has 1 fully saturated rings. The Morgan fingerprint density at radius 2 is 1.62 bits per heavy atom. The first kappa shape index (κ1) is 20.4. The van der Waals surface area contributed by atoms with Gasteiger partial charge < -0.3 is 15.6 Å². The van der Waals surface area contributed by atoms with Gasteiger partial charge in [0.05, 0.1) is 16.8 Å². The molecular weight excluding hydrogens is 429 g/mol. The van der Waals surface area contributed by atoms with Crippen molar-refractivity contribution < 1.29 is 22.0 Å². The molecule has 0 aliphatic carbocycles. The van der Waals surface area contributed by atoms with Crippen molar-refractivity contribution in [3.05, 3.63) is 65.7 Å². The van der Waals surface area contributed by atoms with E-state index in [1.165, 1.54) is 12.4 Å². The lowest BCUT2D eigenvalue weighted by Gasteiger charge is -2.42. The standard InChI is InChI=1S/C22H16F5N5/c23-12-3-17(26)20-18(4-12)30-22(31-20)14-7-29-6-13(21(14)32-8-10(5-28)9-32)11-1-15(24)19(27)16(25)2-11/h1-4,6-7,10H,5,8-9,28H2,(H,30,31). The van der Waals surface area contributed by atoms with Crippen LogP contribution >= 0.6 is 0 Å². The predicted octanol–water partition coefficient (Wildman–Crippen LogP) is 4.38. The van der Waals surface area contributed by atoms with E-state index >= 15 is 0 Å². The van der Waals surface area contributed by atoms with Crippen LogP contribution in [0.25, 0.3) is 33.5 Å². The van der Waals surface area contributed by atoms with Gasteiger partial charge in [-0.1, -0.05) is 0 Å². The van der Waals surface area contributed by atoms with Gasteiger partial charge in [0.2, 0.25) is 0 Å². The Hall–Kier alpha value is -3.53. The van der Waals surface area contributed by atoms with E-state index in [2.05, 4.69) is 15.0 Å². The number of imidazole rings is 1. The van der Waals surface area contributed by atoms with Gasteiger partial charge in [-0.05, 0) is 30.3 Å². The zero-order valence-corrected chi connectivity index (χ0v) is 16.5. The molecule has 4 aromatic rings. The molecule has 3 heterocycles. The second-order valence-corrected chi connectivity index (χ2v) is 7.71. The zero-order valence-electron chi connectivity index (χ0n) is 16.5. The molecule has 2 aromatic heterocycles. The number of H-pyrrole nitrogens is 1. The Morgan fingerprint density at radius 3 is 2.31 bits per heavy atom. The molecule has 10 heteroatoms. The largest absolute Gasteiger partial charge is 0.370 e. The van der Waals surface area contributed by atoms with E-state index in [9.17, 15) is 22.0 Å². The van der Waals surface area contributed by atoms with Crippen LogP contribution < -0.4 is 10.6 Å². The van der Waals surface area contributed by atoms with Crippen LogP contribution in [0.15, 0.2) is 36.7 Å². The molecule has 5 rings (SSSR count). The van der Waals surface area contributed by atoms with E-state index in [0.717, 1.165) is 24.3 Å². The number of anilines is 1. The molecule has 3 N–H and O–H groups in total. The molecule has 5 nitrogen and oxygen atoms in total. The van der Waals surface area contributed by atoms with E-state index in [1.54, 1.807) is 0 Å². The van der Waals surface area contributed by atoms with E-state index in [4.69, 9.17) is 5.73 Å². The fourth-order valence-electron chi connectivity index (χ4n) is 3.96. The smallest absolute Gasteiger partial charge is 0.194 e. The lowest BCUT2D eigenvalue weighted by Crippen LogP contribution is -2.50. The minimum Gasteiger partial charge on any atom is -0.370 e. The van der Waals surface area contributed by atoms with E-state index in [0.29, 0.717) is 36.4 Å². The normalized spacial score (nSPS) is 14.2. The molecule has 0 unspecified atom stereocenters. The molecule has 32 heavy (non-hydrogen) atoms. The molecule has 164 valence electrons. The Labute approximate surface area is 178 Å². The van der Waals surface area contributed by atoms with Gasteiger partial charge in [0.25, 0.3) is 0 Å². The number of hydrogen-bond donors (Lipinski definition) is 2. The summed E-state index contributed by atoms with van der Waals surface area (Å²) in [6.07, 6.45) is 2.88. The van der Waals surface area contributed by atoms with Gasteiger partial charge in [-0.3, -0.25) is 4.98 Å². The molecule has 2 aromatic carbocycles. The second kappa shape index (κ2) is 7.56. The minimum atomic E-state index is -1.57. The number of halogens is 5. The topological polar surface area (TPSA) is 70.8 Å². The Balaban J connectivity index is 1.72. The molecule has 0 spiro atoms. The second-order valence-electron chi connectivity index (χ2n) is 7.71. The summed E-state index contributed by atoms with van der Waals surface area (Å²) in [6.45, 7) is 1.59. The number of fused-ring (bicyclic) bond motifs is 1. The third kappa shape index (κ3) is 3.27. The van der Waals surface area contributed by atoms with Crippen LogP contribution in [0, 0.1) is 35.0 Å². The van der Waals surface area contributed by atoms with Gasteiger partial charge in [-0.15, -0.1) is 0 Å².